The molecule has 8 heteroatoms. The van der Waals surface area contributed by atoms with Gasteiger partial charge in [0.15, 0.2) is 15.6 Å². The first-order valence-electron chi connectivity index (χ1n) is 9.62. The highest BCUT2D eigenvalue weighted by Gasteiger charge is 2.47. The Hall–Kier alpha value is -2.22. The van der Waals surface area contributed by atoms with Crippen molar-refractivity contribution in [3.63, 3.8) is 0 Å². The van der Waals surface area contributed by atoms with Gasteiger partial charge in [0.1, 0.15) is 0 Å². The highest BCUT2D eigenvalue weighted by molar-refractivity contribution is 7.91. The van der Waals surface area contributed by atoms with Crippen molar-refractivity contribution < 1.29 is 22.8 Å². The van der Waals surface area contributed by atoms with Crippen molar-refractivity contribution in [2.24, 2.45) is 11.8 Å². The summed E-state index contributed by atoms with van der Waals surface area (Å²) in [5.41, 5.74) is 1.97. The van der Waals surface area contributed by atoms with Gasteiger partial charge in [-0.3, -0.25) is 19.3 Å². The number of aromatic nitrogens is 1. The standard InChI is InChI=1S/C20H24N2O5S/c1-12-9-17(13(2)22(12)14-7-8-28(26,27)11-14)18(23)10-21-19(24)15-5-3-4-6-16(15)20(21)25/h3-4,9,14-16H,5-8,10-11H2,1-2H3/t14-,15-,16-/m0/s1. The Morgan fingerprint density at radius 3 is 2.25 bits per heavy atom. The van der Waals surface area contributed by atoms with Crippen molar-refractivity contribution in [1.29, 1.82) is 0 Å². The van der Waals surface area contributed by atoms with Crippen LogP contribution in [-0.2, 0) is 19.4 Å². The van der Waals surface area contributed by atoms with E-state index in [1.54, 1.807) is 13.0 Å². The number of nitrogens with zero attached hydrogens (tertiary/aromatic N) is 2. The molecule has 150 valence electrons. The zero-order chi connectivity index (χ0) is 20.2. The summed E-state index contributed by atoms with van der Waals surface area (Å²) >= 11 is 0. The number of Topliss-reactive ketones (excluding diaryl/α,β-unsaturated/α-hetero) is 1. The maximum Gasteiger partial charge on any atom is 0.233 e. The molecule has 28 heavy (non-hydrogen) atoms. The molecule has 4 rings (SSSR count). The Balaban J connectivity index is 1.56. The van der Waals surface area contributed by atoms with Crippen LogP contribution < -0.4 is 0 Å². The third kappa shape index (κ3) is 3.03. The summed E-state index contributed by atoms with van der Waals surface area (Å²) in [4.78, 5) is 39.2. The zero-order valence-electron chi connectivity index (χ0n) is 16.1. The van der Waals surface area contributed by atoms with Gasteiger partial charge in [-0.05, 0) is 39.2 Å². The second kappa shape index (κ2) is 6.69. The molecule has 1 aromatic heterocycles. The molecular formula is C20H24N2O5S. The minimum Gasteiger partial charge on any atom is -0.344 e. The fourth-order valence-corrected chi connectivity index (χ4v) is 6.55. The van der Waals surface area contributed by atoms with Crippen molar-refractivity contribution in [2.75, 3.05) is 18.1 Å². The topological polar surface area (TPSA) is 93.5 Å². The quantitative estimate of drug-likeness (QED) is 0.432. The lowest BCUT2D eigenvalue weighted by Crippen LogP contribution is -2.36. The zero-order valence-corrected chi connectivity index (χ0v) is 16.9. The lowest BCUT2D eigenvalue weighted by molar-refractivity contribution is -0.139. The van der Waals surface area contributed by atoms with E-state index in [-0.39, 0.29) is 53.5 Å². The van der Waals surface area contributed by atoms with E-state index in [0.29, 0.717) is 30.5 Å². The van der Waals surface area contributed by atoms with Crippen LogP contribution in [0.5, 0.6) is 0 Å². The van der Waals surface area contributed by atoms with Crippen LogP contribution in [0, 0.1) is 25.7 Å². The van der Waals surface area contributed by atoms with Gasteiger partial charge in [-0.25, -0.2) is 8.42 Å². The van der Waals surface area contributed by atoms with Crippen LogP contribution in [0.1, 0.15) is 47.1 Å². The van der Waals surface area contributed by atoms with Crippen molar-refractivity contribution in [3.8, 4) is 0 Å². The predicted octanol–water partition coefficient (Wildman–Crippen LogP) is 1.60. The molecule has 2 aliphatic heterocycles. The molecule has 1 aromatic rings. The summed E-state index contributed by atoms with van der Waals surface area (Å²) in [6, 6.07) is 1.57. The van der Waals surface area contributed by atoms with E-state index < -0.39 is 9.84 Å². The molecule has 2 amide bonds. The number of rotatable bonds is 4. The van der Waals surface area contributed by atoms with E-state index in [9.17, 15) is 22.8 Å². The lowest BCUT2D eigenvalue weighted by Gasteiger charge is -2.17. The van der Waals surface area contributed by atoms with Crippen LogP contribution >= 0.6 is 0 Å². The lowest BCUT2D eigenvalue weighted by atomic mass is 9.85. The molecule has 7 nitrogen and oxygen atoms in total. The van der Waals surface area contributed by atoms with E-state index in [4.69, 9.17) is 0 Å². The molecule has 2 saturated heterocycles. The summed E-state index contributed by atoms with van der Waals surface area (Å²) in [5.74, 6) is -1.26. The predicted molar refractivity (Wildman–Crippen MR) is 103 cm³/mol. The van der Waals surface area contributed by atoms with Gasteiger partial charge >= 0.3 is 0 Å². The Bertz CT molecular complexity index is 978. The molecule has 0 bridgehead atoms. The third-order valence-corrected chi connectivity index (χ3v) is 8.01. The van der Waals surface area contributed by atoms with Crippen LogP contribution in [0.4, 0.5) is 0 Å². The molecule has 0 spiro atoms. The van der Waals surface area contributed by atoms with Crippen LogP contribution in [-0.4, -0.2) is 53.5 Å². The van der Waals surface area contributed by atoms with Gasteiger partial charge in [-0.15, -0.1) is 0 Å². The van der Waals surface area contributed by atoms with Gasteiger partial charge in [0.2, 0.25) is 11.8 Å². The largest absolute Gasteiger partial charge is 0.344 e. The van der Waals surface area contributed by atoms with Gasteiger partial charge in [0.25, 0.3) is 0 Å². The molecule has 0 aromatic carbocycles. The van der Waals surface area contributed by atoms with Gasteiger partial charge < -0.3 is 4.57 Å². The normalized spacial score (nSPS) is 28.8. The van der Waals surface area contributed by atoms with Gasteiger partial charge in [0.05, 0.1) is 29.9 Å². The molecule has 0 unspecified atom stereocenters. The number of hydrogen-bond donors (Lipinski definition) is 0. The molecule has 3 aliphatic rings. The van der Waals surface area contributed by atoms with Gasteiger partial charge in [-0.2, -0.15) is 0 Å². The number of aryl methyl sites for hydroxylation is 1. The summed E-state index contributed by atoms with van der Waals surface area (Å²) in [7, 11) is -3.04. The number of ketones is 1. The minimum absolute atomic E-state index is 0.0798. The Morgan fingerprint density at radius 2 is 1.71 bits per heavy atom. The molecule has 0 N–H and O–H groups in total. The number of fused-ring (bicyclic) bond motifs is 1. The smallest absolute Gasteiger partial charge is 0.233 e. The second-order valence-corrected chi connectivity index (χ2v) is 10.3. The number of imide groups is 1. The fourth-order valence-electron chi connectivity index (χ4n) is 4.85. The van der Waals surface area contributed by atoms with E-state index >= 15 is 0 Å². The van der Waals surface area contributed by atoms with Crippen molar-refractivity contribution in [3.05, 3.63) is 35.2 Å². The van der Waals surface area contributed by atoms with Gasteiger partial charge in [0, 0.05) is 23.0 Å². The molecule has 0 radical (unpaired) electrons. The Labute approximate surface area is 164 Å². The Morgan fingerprint density at radius 1 is 1.11 bits per heavy atom. The summed E-state index contributed by atoms with van der Waals surface area (Å²) in [6.45, 7) is 3.39. The number of hydrogen-bond acceptors (Lipinski definition) is 5. The summed E-state index contributed by atoms with van der Waals surface area (Å²) in [5, 5.41) is 0. The first-order chi connectivity index (χ1) is 13.2. The third-order valence-electron chi connectivity index (χ3n) is 6.26. The fraction of sp³-hybridized carbons (Fsp3) is 0.550. The average Bonchev–Trinajstić information content (AvgIpc) is 3.23. The highest BCUT2D eigenvalue weighted by atomic mass is 32.2. The van der Waals surface area contributed by atoms with Crippen LogP contribution in [0.15, 0.2) is 18.2 Å². The molecule has 1 aliphatic carbocycles. The molecular weight excluding hydrogens is 380 g/mol. The van der Waals surface area contributed by atoms with Gasteiger partial charge in [-0.1, -0.05) is 12.2 Å². The van der Waals surface area contributed by atoms with Crippen LogP contribution in [0.2, 0.25) is 0 Å². The summed E-state index contributed by atoms with van der Waals surface area (Å²) in [6.07, 6.45) is 5.46. The molecule has 3 heterocycles. The van der Waals surface area contributed by atoms with Crippen LogP contribution in [0.25, 0.3) is 0 Å². The number of carbonyl (C=O) groups excluding carboxylic acids is 3. The highest BCUT2D eigenvalue weighted by Crippen LogP contribution is 2.35. The average molecular weight is 404 g/mol. The first kappa shape index (κ1) is 19.1. The van der Waals surface area contributed by atoms with Crippen molar-refractivity contribution >= 4 is 27.4 Å². The monoisotopic (exact) mass is 404 g/mol. The van der Waals surface area contributed by atoms with Crippen molar-refractivity contribution in [1.82, 2.24) is 9.47 Å². The molecule has 2 fully saturated rings. The molecule has 0 saturated carbocycles. The number of likely N-dealkylation sites (tertiary alicyclic amines) is 1. The van der Waals surface area contributed by atoms with E-state index in [2.05, 4.69) is 0 Å². The minimum atomic E-state index is -3.04. The number of amides is 2. The maximum atomic E-state index is 12.9. The number of carbonyl (C=O) groups is 3. The van der Waals surface area contributed by atoms with E-state index in [1.165, 1.54) is 0 Å². The SMILES string of the molecule is Cc1cc(C(=O)CN2C(=O)[C@H]3CC=CC[C@@H]3C2=O)c(C)n1[C@H]1CCS(=O)(=O)C1. The van der Waals surface area contributed by atoms with E-state index in [1.807, 2.05) is 23.6 Å². The number of sulfone groups is 1. The first-order valence-corrected chi connectivity index (χ1v) is 11.4. The van der Waals surface area contributed by atoms with Crippen LogP contribution in [0.3, 0.4) is 0 Å². The molecule has 3 atom stereocenters. The maximum absolute atomic E-state index is 12.9. The second-order valence-electron chi connectivity index (χ2n) is 8.05. The summed E-state index contributed by atoms with van der Waals surface area (Å²) < 4.78 is 25.6. The Kier molecular flexibility index (Phi) is 4.56. The van der Waals surface area contributed by atoms with Crippen molar-refractivity contribution in [2.45, 2.75) is 39.2 Å². The number of allylic oxidation sites excluding steroid dienone is 2. The van der Waals surface area contributed by atoms with E-state index in [0.717, 1.165) is 10.6 Å².